The van der Waals surface area contributed by atoms with E-state index in [0.29, 0.717) is 19.8 Å². The fourth-order valence-corrected chi connectivity index (χ4v) is 4.80. The molecule has 1 aromatic rings. The average Bonchev–Trinajstić information content (AvgIpc) is 3.07. The molecule has 1 aliphatic carbocycles. The maximum absolute atomic E-state index is 12.6. The van der Waals surface area contributed by atoms with Crippen LogP contribution in [-0.2, 0) is 14.8 Å². The molecule has 1 aromatic heterocycles. The Morgan fingerprint density at radius 3 is 2.74 bits per heavy atom. The number of nitrogens with two attached hydrogens (primary N) is 1. The molecule has 2 heterocycles. The molecule has 0 spiro atoms. The van der Waals surface area contributed by atoms with Crippen molar-refractivity contribution < 1.29 is 13.2 Å². The monoisotopic (exact) mass is 342 g/mol. The first-order chi connectivity index (χ1) is 11.1. The summed E-state index contributed by atoms with van der Waals surface area (Å²) in [7, 11) is -3.54. The Kier molecular flexibility index (Phi) is 5.35. The van der Waals surface area contributed by atoms with Crippen LogP contribution in [-0.4, -0.2) is 44.0 Å². The van der Waals surface area contributed by atoms with E-state index in [0.717, 1.165) is 38.5 Å². The maximum atomic E-state index is 12.6. The molecule has 3 rings (SSSR count). The number of hydrogen-bond acceptors (Lipinski definition) is 5. The lowest BCUT2D eigenvalue weighted by atomic mass is 9.85. The Hall–Kier alpha value is -0.960. The van der Waals surface area contributed by atoms with Crippen molar-refractivity contribution in [1.29, 1.82) is 0 Å². The van der Waals surface area contributed by atoms with Crippen molar-refractivity contribution >= 4 is 10.0 Å². The highest BCUT2D eigenvalue weighted by molar-refractivity contribution is 7.89. The summed E-state index contributed by atoms with van der Waals surface area (Å²) in [5.41, 5.74) is 5.79. The summed E-state index contributed by atoms with van der Waals surface area (Å²) in [5, 5.41) is 4.26. The quantitative estimate of drug-likeness (QED) is 0.832. The lowest BCUT2D eigenvalue weighted by Crippen LogP contribution is -2.44. The van der Waals surface area contributed by atoms with Crippen molar-refractivity contribution in [2.45, 2.75) is 55.5 Å². The first-order valence-corrected chi connectivity index (χ1v) is 9.93. The third-order valence-corrected chi connectivity index (χ3v) is 6.42. The van der Waals surface area contributed by atoms with Gasteiger partial charge in [0.05, 0.1) is 12.2 Å². The van der Waals surface area contributed by atoms with Crippen molar-refractivity contribution in [2.75, 3.05) is 19.8 Å². The molecule has 2 aliphatic rings. The molecule has 0 unspecified atom stereocenters. The fraction of sp³-hybridized carbons (Fsp3) is 0.800. The lowest BCUT2D eigenvalue weighted by Gasteiger charge is -2.30. The third kappa shape index (κ3) is 3.93. The SMILES string of the molecule is NC[C@H]1CCCC[C@H]1NS(=O)(=O)c1cnn(C2CCOCC2)c1. The molecular weight excluding hydrogens is 316 g/mol. The van der Waals surface area contributed by atoms with Crippen LogP contribution in [0.4, 0.5) is 0 Å². The van der Waals surface area contributed by atoms with Gasteiger partial charge in [-0.05, 0) is 38.1 Å². The Balaban J connectivity index is 1.70. The van der Waals surface area contributed by atoms with E-state index in [-0.39, 0.29) is 22.9 Å². The number of ether oxygens (including phenoxy) is 1. The van der Waals surface area contributed by atoms with Crippen molar-refractivity contribution in [3.05, 3.63) is 12.4 Å². The highest BCUT2D eigenvalue weighted by atomic mass is 32.2. The van der Waals surface area contributed by atoms with Gasteiger partial charge in [-0.15, -0.1) is 0 Å². The van der Waals surface area contributed by atoms with Crippen LogP contribution in [0.2, 0.25) is 0 Å². The van der Waals surface area contributed by atoms with Gasteiger partial charge in [0.1, 0.15) is 4.90 Å². The van der Waals surface area contributed by atoms with Gasteiger partial charge in [0.2, 0.25) is 10.0 Å². The first-order valence-electron chi connectivity index (χ1n) is 8.44. The molecule has 130 valence electrons. The fourth-order valence-electron chi connectivity index (χ4n) is 3.52. The zero-order valence-corrected chi connectivity index (χ0v) is 14.2. The first kappa shape index (κ1) is 16.9. The Morgan fingerprint density at radius 1 is 1.26 bits per heavy atom. The van der Waals surface area contributed by atoms with E-state index in [1.54, 1.807) is 10.9 Å². The number of hydrogen-bond donors (Lipinski definition) is 2. The zero-order chi connectivity index (χ0) is 16.3. The molecule has 8 heteroatoms. The Labute approximate surface area is 137 Å². The molecule has 0 amide bonds. The van der Waals surface area contributed by atoms with E-state index < -0.39 is 10.0 Å². The largest absolute Gasteiger partial charge is 0.381 e. The standard InChI is InChI=1S/C15H26N4O3S/c16-9-12-3-1-2-4-15(12)18-23(20,21)14-10-17-19(11-14)13-5-7-22-8-6-13/h10-13,15,18H,1-9,16H2/t12-,15-/m1/s1. The van der Waals surface area contributed by atoms with Gasteiger partial charge in [-0.1, -0.05) is 12.8 Å². The summed E-state index contributed by atoms with van der Waals surface area (Å²) in [6.45, 7) is 1.92. The van der Waals surface area contributed by atoms with Gasteiger partial charge in [-0.3, -0.25) is 4.68 Å². The van der Waals surface area contributed by atoms with E-state index in [9.17, 15) is 8.42 Å². The smallest absolute Gasteiger partial charge is 0.243 e. The van der Waals surface area contributed by atoms with E-state index in [4.69, 9.17) is 10.5 Å². The minimum absolute atomic E-state index is 0.0646. The lowest BCUT2D eigenvalue weighted by molar-refractivity contribution is 0.0662. The predicted octanol–water partition coefficient (Wildman–Crippen LogP) is 1.03. The zero-order valence-electron chi connectivity index (χ0n) is 13.4. The summed E-state index contributed by atoms with van der Waals surface area (Å²) in [6, 6.07) is 0.157. The molecule has 1 saturated heterocycles. The van der Waals surface area contributed by atoms with Gasteiger partial charge in [0.15, 0.2) is 0 Å². The number of nitrogens with one attached hydrogen (secondary N) is 1. The van der Waals surface area contributed by atoms with Crippen LogP contribution in [0.5, 0.6) is 0 Å². The second kappa shape index (κ2) is 7.29. The second-order valence-corrected chi connectivity index (χ2v) is 8.22. The highest BCUT2D eigenvalue weighted by Gasteiger charge is 2.29. The molecule has 2 atom stereocenters. The van der Waals surface area contributed by atoms with Crippen molar-refractivity contribution in [3.8, 4) is 0 Å². The average molecular weight is 342 g/mol. The topological polar surface area (TPSA) is 99.2 Å². The number of sulfonamides is 1. The van der Waals surface area contributed by atoms with Gasteiger partial charge in [-0.25, -0.2) is 13.1 Å². The number of rotatable bonds is 5. The van der Waals surface area contributed by atoms with Gasteiger partial charge in [0.25, 0.3) is 0 Å². The van der Waals surface area contributed by atoms with Crippen LogP contribution >= 0.6 is 0 Å². The van der Waals surface area contributed by atoms with E-state index in [2.05, 4.69) is 9.82 Å². The minimum Gasteiger partial charge on any atom is -0.381 e. The summed E-state index contributed by atoms with van der Waals surface area (Å²) in [4.78, 5) is 0.241. The Bertz CT molecular complexity index is 610. The molecule has 23 heavy (non-hydrogen) atoms. The third-order valence-electron chi connectivity index (χ3n) is 4.97. The van der Waals surface area contributed by atoms with Crippen molar-refractivity contribution in [1.82, 2.24) is 14.5 Å². The number of nitrogens with zero attached hydrogens (tertiary/aromatic N) is 2. The molecule has 0 bridgehead atoms. The van der Waals surface area contributed by atoms with Gasteiger partial charge in [-0.2, -0.15) is 5.10 Å². The van der Waals surface area contributed by atoms with Crippen LogP contribution in [0, 0.1) is 5.92 Å². The Morgan fingerprint density at radius 2 is 2.00 bits per heavy atom. The van der Waals surface area contributed by atoms with E-state index in [1.807, 2.05) is 0 Å². The van der Waals surface area contributed by atoms with Gasteiger partial charge >= 0.3 is 0 Å². The van der Waals surface area contributed by atoms with E-state index in [1.165, 1.54) is 6.20 Å². The highest BCUT2D eigenvalue weighted by Crippen LogP contribution is 2.26. The summed E-state index contributed by atoms with van der Waals surface area (Å²) < 4.78 is 35.2. The van der Waals surface area contributed by atoms with Crippen LogP contribution in [0.1, 0.15) is 44.6 Å². The van der Waals surface area contributed by atoms with Crippen LogP contribution in [0.3, 0.4) is 0 Å². The molecule has 1 aliphatic heterocycles. The molecule has 7 nitrogen and oxygen atoms in total. The van der Waals surface area contributed by atoms with Gasteiger partial charge < -0.3 is 10.5 Å². The minimum atomic E-state index is -3.54. The molecule has 0 aromatic carbocycles. The molecule has 3 N–H and O–H groups in total. The van der Waals surface area contributed by atoms with Crippen molar-refractivity contribution in [2.24, 2.45) is 11.7 Å². The number of aromatic nitrogens is 2. The summed E-state index contributed by atoms with van der Waals surface area (Å²) >= 11 is 0. The molecular formula is C15H26N4O3S. The molecule has 1 saturated carbocycles. The summed E-state index contributed by atoms with van der Waals surface area (Å²) in [5.74, 6) is 0.226. The van der Waals surface area contributed by atoms with Crippen molar-refractivity contribution in [3.63, 3.8) is 0 Å². The van der Waals surface area contributed by atoms with Gasteiger partial charge in [0, 0.05) is 25.5 Å². The van der Waals surface area contributed by atoms with Crippen LogP contribution in [0.25, 0.3) is 0 Å². The van der Waals surface area contributed by atoms with Crippen LogP contribution < -0.4 is 10.5 Å². The maximum Gasteiger partial charge on any atom is 0.243 e. The van der Waals surface area contributed by atoms with E-state index >= 15 is 0 Å². The normalized spacial score (nSPS) is 27.2. The van der Waals surface area contributed by atoms with Crippen LogP contribution in [0.15, 0.2) is 17.3 Å². The predicted molar refractivity (Wildman–Crippen MR) is 86.4 cm³/mol. The molecule has 0 radical (unpaired) electrons. The molecule has 2 fully saturated rings. The second-order valence-electron chi connectivity index (χ2n) is 6.51. The summed E-state index contributed by atoms with van der Waals surface area (Å²) in [6.07, 6.45) is 8.84.